The molecule has 0 aliphatic carbocycles. The van der Waals surface area contributed by atoms with Gasteiger partial charge >= 0.3 is 0 Å². The molecule has 0 bridgehead atoms. The number of ether oxygens (including phenoxy) is 1. The van der Waals surface area contributed by atoms with E-state index < -0.39 is 0 Å². The van der Waals surface area contributed by atoms with Gasteiger partial charge in [-0.05, 0) is 18.6 Å². The zero-order valence-corrected chi connectivity index (χ0v) is 10.7. The molecule has 0 radical (unpaired) electrons. The van der Waals surface area contributed by atoms with Crippen LogP contribution >= 0.6 is 0 Å². The Morgan fingerprint density at radius 1 is 1.39 bits per heavy atom. The Hall–Kier alpha value is -1.88. The smallest absolute Gasteiger partial charge is 0.0894 e. The first-order valence-electron chi connectivity index (χ1n) is 6.06. The fourth-order valence-electron chi connectivity index (χ4n) is 1.81. The Bertz CT molecular complexity index is 470. The van der Waals surface area contributed by atoms with Crippen LogP contribution < -0.4 is 5.32 Å². The molecular formula is C13H18N4O. The SMILES string of the molecule is CCC(COC)Nc1ccccc1-n1ccnn1. The molecule has 0 amide bonds. The largest absolute Gasteiger partial charge is 0.383 e. The molecule has 96 valence electrons. The third kappa shape index (κ3) is 2.87. The second kappa shape index (κ2) is 6.16. The highest BCUT2D eigenvalue weighted by Crippen LogP contribution is 2.20. The van der Waals surface area contributed by atoms with Gasteiger partial charge in [-0.2, -0.15) is 0 Å². The standard InChI is InChI=1S/C13H18N4O/c1-3-11(10-18-2)15-12-6-4-5-7-13(12)17-9-8-14-16-17/h4-9,11,15H,3,10H2,1-2H3. The van der Waals surface area contributed by atoms with E-state index in [-0.39, 0.29) is 0 Å². The molecule has 1 heterocycles. The summed E-state index contributed by atoms with van der Waals surface area (Å²) >= 11 is 0. The Morgan fingerprint density at radius 2 is 2.22 bits per heavy atom. The van der Waals surface area contributed by atoms with Crippen LogP contribution in [0, 0.1) is 0 Å². The summed E-state index contributed by atoms with van der Waals surface area (Å²) in [4.78, 5) is 0. The number of nitrogens with one attached hydrogen (secondary N) is 1. The lowest BCUT2D eigenvalue weighted by molar-refractivity contribution is 0.184. The van der Waals surface area contributed by atoms with E-state index in [4.69, 9.17) is 4.74 Å². The Morgan fingerprint density at radius 3 is 2.89 bits per heavy atom. The van der Waals surface area contributed by atoms with Gasteiger partial charge in [0.05, 0.1) is 30.4 Å². The van der Waals surface area contributed by atoms with Crippen molar-refractivity contribution in [3.8, 4) is 5.69 Å². The van der Waals surface area contributed by atoms with Gasteiger partial charge in [-0.1, -0.05) is 24.3 Å². The van der Waals surface area contributed by atoms with Crippen LogP contribution in [-0.2, 0) is 4.74 Å². The number of methoxy groups -OCH3 is 1. The van der Waals surface area contributed by atoms with E-state index in [1.54, 1.807) is 18.0 Å². The Kier molecular flexibility index (Phi) is 4.30. The third-order valence-electron chi connectivity index (χ3n) is 2.79. The first-order chi connectivity index (χ1) is 8.85. The van der Waals surface area contributed by atoms with Crippen molar-refractivity contribution in [1.82, 2.24) is 15.0 Å². The van der Waals surface area contributed by atoms with Crippen molar-refractivity contribution in [3.05, 3.63) is 36.7 Å². The number of anilines is 1. The highest BCUT2D eigenvalue weighted by atomic mass is 16.5. The zero-order valence-electron chi connectivity index (χ0n) is 10.7. The van der Waals surface area contributed by atoms with Crippen molar-refractivity contribution in [2.75, 3.05) is 19.0 Å². The minimum Gasteiger partial charge on any atom is -0.383 e. The minimum atomic E-state index is 0.291. The van der Waals surface area contributed by atoms with Crippen LogP contribution in [0.15, 0.2) is 36.7 Å². The highest BCUT2D eigenvalue weighted by Gasteiger charge is 2.09. The Labute approximate surface area is 107 Å². The first-order valence-corrected chi connectivity index (χ1v) is 6.06. The van der Waals surface area contributed by atoms with E-state index >= 15 is 0 Å². The summed E-state index contributed by atoms with van der Waals surface area (Å²) in [5.74, 6) is 0. The summed E-state index contributed by atoms with van der Waals surface area (Å²) < 4.78 is 6.95. The molecule has 0 saturated carbocycles. The lowest BCUT2D eigenvalue weighted by atomic mass is 10.2. The van der Waals surface area contributed by atoms with Crippen LogP contribution in [0.2, 0.25) is 0 Å². The number of hydrogen-bond donors (Lipinski definition) is 1. The molecule has 2 rings (SSSR count). The molecule has 18 heavy (non-hydrogen) atoms. The first kappa shape index (κ1) is 12.6. The molecule has 0 aliphatic rings. The summed E-state index contributed by atoms with van der Waals surface area (Å²) in [6.07, 6.45) is 4.50. The molecule has 0 fully saturated rings. The predicted octanol–water partition coefficient (Wildman–Crippen LogP) is 2.10. The minimum absolute atomic E-state index is 0.291. The van der Waals surface area contributed by atoms with Crippen LogP contribution in [0.5, 0.6) is 0 Å². The van der Waals surface area contributed by atoms with E-state index in [0.29, 0.717) is 12.6 Å². The maximum absolute atomic E-state index is 5.20. The number of para-hydroxylation sites is 2. The van der Waals surface area contributed by atoms with Crippen molar-refractivity contribution in [2.45, 2.75) is 19.4 Å². The number of nitrogens with zero attached hydrogens (tertiary/aromatic N) is 3. The second-order valence-corrected chi connectivity index (χ2v) is 4.07. The third-order valence-corrected chi connectivity index (χ3v) is 2.79. The number of hydrogen-bond acceptors (Lipinski definition) is 4. The van der Waals surface area contributed by atoms with E-state index in [2.05, 4.69) is 22.6 Å². The molecule has 5 heteroatoms. The van der Waals surface area contributed by atoms with Gasteiger partial charge < -0.3 is 10.1 Å². The molecule has 1 N–H and O–H groups in total. The van der Waals surface area contributed by atoms with Gasteiger partial charge in [-0.15, -0.1) is 5.10 Å². The van der Waals surface area contributed by atoms with Crippen molar-refractivity contribution in [2.24, 2.45) is 0 Å². The topological polar surface area (TPSA) is 52.0 Å². The number of rotatable bonds is 6. The van der Waals surface area contributed by atoms with Crippen LogP contribution in [0.25, 0.3) is 5.69 Å². The van der Waals surface area contributed by atoms with Gasteiger partial charge in [0.2, 0.25) is 0 Å². The van der Waals surface area contributed by atoms with E-state index in [0.717, 1.165) is 17.8 Å². The summed E-state index contributed by atoms with van der Waals surface area (Å²) in [5.41, 5.74) is 2.02. The van der Waals surface area contributed by atoms with Gasteiger partial charge in [0, 0.05) is 13.2 Å². The van der Waals surface area contributed by atoms with Crippen LogP contribution in [0.4, 0.5) is 5.69 Å². The van der Waals surface area contributed by atoms with Gasteiger partial charge in [-0.3, -0.25) is 0 Å². The molecule has 1 aromatic heterocycles. The summed E-state index contributed by atoms with van der Waals surface area (Å²) in [6, 6.07) is 8.33. The second-order valence-electron chi connectivity index (χ2n) is 4.07. The van der Waals surface area contributed by atoms with E-state index in [9.17, 15) is 0 Å². The highest BCUT2D eigenvalue weighted by molar-refractivity contribution is 5.60. The zero-order chi connectivity index (χ0) is 12.8. The molecule has 0 aliphatic heterocycles. The number of aromatic nitrogens is 3. The molecular weight excluding hydrogens is 228 g/mol. The molecule has 1 atom stereocenters. The molecule has 0 spiro atoms. The molecule has 1 aromatic carbocycles. The van der Waals surface area contributed by atoms with Crippen molar-refractivity contribution in [1.29, 1.82) is 0 Å². The maximum Gasteiger partial charge on any atom is 0.0894 e. The fourth-order valence-corrected chi connectivity index (χ4v) is 1.81. The summed E-state index contributed by atoms with van der Waals surface area (Å²) in [6.45, 7) is 2.82. The monoisotopic (exact) mass is 246 g/mol. The maximum atomic E-state index is 5.20. The van der Waals surface area contributed by atoms with Crippen molar-refractivity contribution in [3.63, 3.8) is 0 Å². The predicted molar refractivity (Wildman–Crippen MR) is 70.9 cm³/mol. The normalized spacial score (nSPS) is 12.3. The quantitative estimate of drug-likeness (QED) is 0.848. The van der Waals surface area contributed by atoms with Gasteiger partial charge in [0.1, 0.15) is 0 Å². The lowest BCUT2D eigenvalue weighted by Gasteiger charge is -2.19. The molecule has 2 aromatic rings. The number of benzene rings is 1. The van der Waals surface area contributed by atoms with Crippen LogP contribution in [0.3, 0.4) is 0 Å². The van der Waals surface area contributed by atoms with Crippen LogP contribution in [0.1, 0.15) is 13.3 Å². The van der Waals surface area contributed by atoms with E-state index in [1.165, 1.54) is 0 Å². The average Bonchev–Trinajstić information content (AvgIpc) is 2.92. The van der Waals surface area contributed by atoms with E-state index in [1.807, 2.05) is 30.5 Å². The average molecular weight is 246 g/mol. The van der Waals surface area contributed by atoms with Crippen molar-refractivity contribution < 1.29 is 4.74 Å². The lowest BCUT2D eigenvalue weighted by Crippen LogP contribution is -2.24. The summed E-state index contributed by atoms with van der Waals surface area (Å²) in [5, 5.41) is 11.3. The molecule has 0 saturated heterocycles. The Balaban J connectivity index is 2.22. The van der Waals surface area contributed by atoms with Gasteiger partial charge in [0.15, 0.2) is 0 Å². The molecule has 1 unspecified atom stereocenters. The van der Waals surface area contributed by atoms with Gasteiger partial charge in [0.25, 0.3) is 0 Å². The summed E-state index contributed by atoms with van der Waals surface area (Å²) in [7, 11) is 1.72. The van der Waals surface area contributed by atoms with Crippen molar-refractivity contribution >= 4 is 5.69 Å². The fraction of sp³-hybridized carbons (Fsp3) is 0.385. The van der Waals surface area contributed by atoms with Crippen LogP contribution in [-0.4, -0.2) is 34.8 Å². The van der Waals surface area contributed by atoms with Gasteiger partial charge in [-0.25, -0.2) is 4.68 Å². The molecule has 5 nitrogen and oxygen atoms in total.